The molecule has 2 fully saturated rings. The molecule has 0 radical (unpaired) electrons. The Morgan fingerprint density at radius 3 is 2.36 bits per heavy atom. The Kier molecular flexibility index (Phi) is 5.18. The molecule has 2 aliphatic heterocycles. The number of amides is 2. The number of rotatable bonds is 2. The van der Waals surface area contributed by atoms with Gasteiger partial charge in [-0.15, -0.1) is 0 Å². The SMILES string of the molecule is CC1CCN(C(=O)[C@H]2CCCN2C(=O)OCC(F)(F)F)CC1. The molecule has 2 heterocycles. The van der Waals surface area contributed by atoms with Crippen LogP contribution in [0.4, 0.5) is 18.0 Å². The van der Waals surface area contributed by atoms with E-state index in [0.29, 0.717) is 31.8 Å². The van der Waals surface area contributed by atoms with Crippen LogP contribution in [0.2, 0.25) is 0 Å². The topological polar surface area (TPSA) is 49.9 Å². The Morgan fingerprint density at radius 2 is 1.77 bits per heavy atom. The van der Waals surface area contributed by atoms with Crippen LogP contribution in [0.15, 0.2) is 0 Å². The third kappa shape index (κ3) is 4.27. The molecular weight excluding hydrogens is 301 g/mol. The number of ether oxygens (including phenoxy) is 1. The number of halogens is 3. The molecule has 0 aromatic carbocycles. The van der Waals surface area contributed by atoms with Gasteiger partial charge in [0.15, 0.2) is 6.61 Å². The number of nitrogens with zero attached hydrogens (tertiary/aromatic N) is 2. The van der Waals surface area contributed by atoms with Gasteiger partial charge in [-0.05, 0) is 31.6 Å². The van der Waals surface area contributed by atoms with E-state index in [9.17, 15) is 22.8 Å². The first-order valence-corrected chi connectivity index (χ1v) is 7.57. The third-order valence-corrected chi connectivity index (χ3v) is 4.23. The van der Waals surface area contributed by atoms with Gasteiger partial charge in [0.05, 0.1) is 0 Å². The second-order valence-electron chi connectivity index (χ2n) is 6.03. The number of carbonyl (C=O) groups excluding carboxylic acids is 2. The average Bonchev–Trinajstić information content (AvgIpc) is 2.93. The maximum Gasteiger partial charge on any atom is 0.422 e. The van der Waals surface area contributed by atoms with Gasteiger partial charge >= 0.3 is 12.3 Å². The van der Waals surface area contributed by atoms with Crippen LogP contribution in [0.5, 0.6) is 0 Å². The molecule has 0 unspecified atom stereocenters. The quantitative estimate of drug-likeness (QED) is 0.784. The Hall–Kier alpha value is -1.47. The zero-order valence-corrected chi connectivity index (χ0v) is 12.6. The van der Waals surface area contributed by atoms with Crippen molar-refractivity contribution in [2.45, 2.75) is 44.8 Å². The molecule has 0 aromatic heterocycles. The van der Waals surface area contributed by atoms with Crippen LogP contribution < -0.4 is 0 Å². The van der Waals surface area contributed by atoms with Gasteiger partial charge in [0.1, 0.15) is 6.04 Å². The summed E-state index contributed by atoms with van der Waals surface area (Å²) in [6.07, 6.45) is -2.71. The Labute approximate surface area is 127 Å². The lowest BCUT2D eigenvalue weighted by molar-refractivity contribution is -0.163. The average molecular weight is 322 g/mol. The van der Waals surface area contributed by atoms with Crippen molar-refractivity contribution in [3.63, 3.8) is 0 Å². The summed E-state index contributed by atoms with van der Waals surface area (Å²) in [5.41, 5.74) is 0. The molecule has 2 rings (SSSR count). The van der Waals surface area contributed by atoms with Crippen molar-refractivity contribution in [3.8, 4) is 0 Å². The van der Waals surface area contributed by atoms with Crippen molar-refractivity contribution in [2.24, 2.45) is 5.92 Å². The van der Waals surface area contributed by atoms with Crippen molar-refractivity contribution in [1.82, 2.24) is 9.80 Å². The second kappa shape index (κ2) is 6.75. The predicted molar refractivity (Wildman–Crippen MR) is 72.1 cm³/mol. The first kappa shape index (κ1) is 16.9. The number of alkyl halides is 3. The molecule has 2 amide bonds. The lowest BCUT2D eigenvalue weighted by Crippen LogP contribution is -2.50. The molecule has 8 heteroatoms. The highest BCUT2D eigenvalue weighted by Gasteiger charge is 2.39. The van der Waals surface area contributed by atoms with E-state index in [1.54, 1.807) is 4.90 Å². The molecule has 22 heavy (non-hydrogen) atoms. The summed E-state index contributed by atoms with van der Waals surface area (Å²) >= 11 is 0. The zero-order valence-electron chi connectivity index (χ0n) is 12.6. The molecule has 2 saturated heterocycles. The summed E-state index contributed by atoms with van der Waals surface area (Å²) in [6, 6.07) is -0.686. The van der Waals surface area contributed by atoms with Gasteiger partial charge in [-0.1, -0.05) is 6.92 Å². The van der Waals surface area contributed by atoms with E-state index in [0.717, 1.165) is 17.7 Å². The summed E-state index contributed by atoms with van der Waals surface area (Å²) in [6.45, 7) is 2.05. The summed E-state index contributed by atoms with van der Waals surface area (Å²) in [5.74, 6) is 0.397. The monoisotopic (exact) mass is 322 g/mol. The summed E-state index contributed by atoms with van der Waals surface area (Å²) in [5, 5.41) is 0. The van der Waals surface area contributed by atoms with E-state index in [4.69, 9.17) is 0 Å². The highest BCUT2D eigenvalue weighted by Crippen LogP contribution is 2.24. The van der Waals surface area contributed by atoms with Crippen molar-refractivity contribution in [1.29, 1.82) is 0 Å². The Bertz CT molecular complexity index is 420. The van der Waals surface area contributed by atoms with Gasteiger partial charge in [-0.2, -0.15) is 13.2 Å². The highest BCUT2D eigenvalue weighted by molar-refractivity contribution is 5.86. The number of carbonyl (C=O) groups is 2. The summed E-state index contributed by atoms with van der Waals surface area (Å²) in [4.78, 5) is 27.1. The van der Waals surface area contributed by atoms with Gasteiger partial charge in [-0.3, -0.25) is 9.69 Å². The molecule has 2 aliphatic rings. The molecule has 5 nitrogen and oxygen atoms in total. The minimum Gasteiger partial charge on any atom is -0.440 e. The van der Waals surface area contributed by atoms with Crippen LogP contribution in [0.1, 0.15) is 32.6 Å². The molecule has 0 N–H and O–H groups in total. The standard InChI is InChI=1S/C14H21F3N2O3/c1-10-4-7-18(8-5-10)12(20)11-3-2-6-19(11)13(21)22-9-14(15,16)17/h10-11H,2-9H2,1H3/t11-/m1/s1. The van der Waals surface area contributed by atoms with Gasteiger partial charge in [0.2, 0.25) is 5.91 Å². The van der Waals surface area contributed by atoms with E-state index in [-0.39, 0.29) is 12.5 Å². The predicted octanol–water partition coefficient (Wildman–Crippen LogP) is 2.41. The van der Waals surface area contributed by atoms with Gasteiger partial charge in [0, 0.05) is 19.6 Å². The fraction of sp³-hybridized carbons (Fsp3) is 0.857. The largest absolute Gasteiger partial charge is 0.440 e. The third-order valence-electron chi connectivity index (χ3n) is 4.23. The Balaban J connectivity index is 1.92. The van der Waals surface area contributed by atoms with E-state index in [2.05, 4.69) is 11.7 Å². The van der Waals surface area contributed by atoms with Crippen LogP contribution >= 0.6 is 0 Å². The molecular formula is C14H21F3N2O3. The second-order valence-corrected chi connectivity index (χ2v) is 6.03. The molecule has 0 aliphatic carbocycles. The van der Waals surface area contributed by atoms with Crippen LogP contribution in [0.25, 0.3) is 0 Å². The van der Waals surface area contributed by atoms with Crippen LogP contribution in [0.3, 0.4) is 0 Å². The lowest BCUT2D eigenvalue weighted by atomic mass is 9.98. The molecule has 0 spiro atoms. The minimum atomic E-state index is -4.56. The minimum absolute atomic E-state index is 0.173. The molecule has 1 atom stereocenters. The molecule has 0 aromatic rings. The normalized spacial score (nSPS) is 23.7. The van der Waals surface area contributed by atoms with E-state index >= 15 is 0 Å². The first-order chi connectivity index (χ1) is 10.3. The van der Waals surface area contributed by atoms with Gasteiger partial charge in [0.25, 0.3) is 0 Å². The number of piperidine rings is 1. The fourth-order valence-electron chi connectivity index (χ4n) is 2.91. The van der Waals surface area contributed by atoms with Crippen molar-refractivity contribution in [3.05, 3.63) is 0 Å². The van der Waals surface area contributed by atoms with E-state index in [1.807, 2.05) is 0 Å². The molecule has 0 bridgehead atoms. The number of likely N-dealkylation sites (tertiary alicyclic amines) is 2. The number of hydrogen-bond acceptors (Lipinski definition) is 3. The van der Waals surface area contributed by atoms with Crippen molar-refractivity contribution in [2.75, 3.05) is 26.2 Å². The van der Waals surface area contributed by atoms with Gasteiger partial charge in [-0.25, -0.2) is 4.79 Å². The van der Waals surface area contributed by atoms with E-state index in [1.165, 1.54) is 0 Å². The van der Waals surface area contributed by atoms with Crippen LogP contribution in [0, 0.1) is 5.92 Å². The van der Waals surface area contributed by atoms with Crippen LogP contribution in [-0.2, 0) is 9.53 Å². The van der Waals surface area contributed by atoms with Gasteiger partial charge < -0.3 is 9.64 Å². The van der Waals surface area contributed by atoms with E-state index < -0.39 is 24.9 Å². The number of hydrogen-bond donors (Lipinski definition) is 0. The summed E-state index contributed by atoms with van der Waals surface area (Å²) in [7, 11) is 0. The van der Waals surface area contributed by atoms with Crippen molar-refractivity contribution >= 4 is 12.0 Å². The molecule has 126 valence electrons. The van der Waals surface area contributed by atoms with Crippen LogP contribution in [-0.4, -0.2) is 60.3 Å². The highest BCUT2D eigenvalue weighted by atomic mass is 19.4. The smallest absolute Gasteiger partial charge is 0.422 e. The zero-order chi connectivity index (χ0) is 16.3. The molecule has 0 saturated carbocycles. The Morgan fingerprint density at radius 1 is 1.14 bits per heavy atom. The lowest BCUT2D eigenvalue weighted by Gasteiger charge is -2.34. The fourth-order valence-corrected chi connectivity index (χ4v) is 2.91. The van der Waals surface area contributed by atoms with Crippen molar-refractivity contribution < 1.29 is 27.5 Å². The maximum atomic E-state index is 12.5. The first-order valence-electron chi connectivity index (χ1n) is 7.57. The maximum absolute atomic E-state index is 12.5. The summed E-state index contributed by atoms with van der Waals surface area (Å²) < 4.78 is 40.6.